The van der Waals surface area contributed by atoms with E-state index in [9.17, 15) is 0 Å². The molecule has 1 aromatic carbocycles. The lowest BCUT2D eigenvalue weighted by Gasteiger charge is -2.20. The summed E-state index contributed by atoms with van der Waals surface area (Å²) in [5.74, 6) is 0. The molecule has 0 spiro atoms. The third-order valence-electron chi connectivity index (χ3n) is 3.26. The van der Waals surface area contributed by atoms with Gasteiger partial charge in [-0.2, -0.15) is 0 Å². The van der Waals surface area contributed by atoms with Crippen molar-refractivity contribution < 1.29 is 9.47 Å². The van der Waals surface area contributed by atoms with Gasteiger partial charge < -0.3 is 14.8 Å². The summed E-state index contributed by atoms with van der Waals surface area (Å²) in [4.78, 5) is 0. The van der Waals surface area contributed by atoms with Crippen LogP contribution in [0.25, 0.3) is 0 Å². The van der Waals surface area contributed by atoms with Crippen molar-refractivity contribution in [3.05, 3.63) is 35.4 Å². The highest BCUT2D eigenvalue weighted by atomic mass is 16.7. The molecule has 1 heterocycles. The summed E-state index contributed by atoms with van der Waals surface area (Å²) < 4.78 is 11.0. The molecule has 0 amide bonds. The van der Waals surface area contributed by atoms with Crippen LogP contribution in [0.4, 0.5) is 0 Å². The SMILES string of the molecule is CCc1ccc(C(CC2OCCO2)NC)cc1. The molecule has 94 valence electrons. The number of rotatable bonds is 5. The van der Waals surface area contributed by atoms with Crippen LogP contribution in [0.1, 0.15) is 30.5 Å². The first-order chi connectivity index (χ1) is 8.33. The Hall–Kier alpha value is -0.900. The summed E-state index contributed by atoms with van der Waals surface area (Å²) in [6.45, 7) is 3.61. The second-order valence-electron chi connectivity index (χ2n) is 4.34. The summed E-state index contributed by atoms with van der Waals surface area (Å²) in [6, 6.07) is 9.06. The lowest BCUT2D eigenvalue weighted by molar-refractivity contribution is -0.0526. The predicted molar refractivity (Wildman–Crippen MR) is 67.9 cm³/mol. The van der Waals surface area contributed by atoms with Crippen LogP contribution in [0.2, 0.25) is 0 Å². The van der Waals surface area contributed by atoms with Gasteiger partial charge in [-0.15, -0.1) is 0 Å². The fraction of sp³-hybridized carbons (Fsp3) is 0.571. The summed E-state index contributed by atoms with van der Waals surface area (Å²) in [7, 11) is 1.98. The van der Waals surface area contributed by atoms with Gasteiger partial charge in [-0.3, -0.25) is 0 Å². The lowest BCUT2D eigenvalue weighted by atomic mass is 10.0. The van der Waals surface area contributed by atoms with Crippen molar-refractivity contribution >= 4 is 0 Å². The second kappa shape index (κ2) is 6.15. The van der Waals surface area contributed by atoms with Gasteiger partial charge in [0.15, 0.2) is 6.29 Å². The Balaban J connectivity index is 2.00. The molecule has 3 heteroatoms. The van der Waals surface area contributed by atoms with E-state index in [-0.39, 0.29) is 6.29 Å². The summed E-state index contributed by atoms with van der Waals surface area (Å²) in [5, 5.41) is 3.32. The van der Waals surface area contributed by atoms with Gasteiger partial charge in [0.25, 0.3) is 0 Å². The zero-order valence-corrected chi connectivity index (χ0v) is 10.6. The van der Waals surface area contributed by atoms with Crippen molar-refractivity contribution in [3.63, 3.8) is 0 Å². The van der Waals surface area contributed by atoms with Crippen LogP contribution in [0, 0.1) is 0 Å². The molecule has 0 radical (unpaired) electrons. The number of ether oxygens (including phenoxy) is 2. The average molecular weight is 235 g/mol. The van der Waals surface area contributed by atoms with E-state index in [0.717, 1.165) is 26.1 Å². The molecule has 1 aromatic rings. The molecule has 0 saturated carbocycles. The molecule has 1 aliphatic rings. The van der Waals surface area contributed by atoms with Gasteiger partial charge in [-0.25, -0.2) is 0 Å². The molecule has 1 saturated heterocycles. The van der Waals surface area contributed by atoms with Gasteiger partial charge in [-0.1, -0.05) is 31.2 Å². The molecule has 0 aromatic heterocycles. The highest BCUT2D eigenvalue weighted by Gasteiger charge is 2.21. The van der Waals surface area contributed by atoms with Crippen molar-refractivity contribution in [1.82, 2.24) is 5.32 Å². The zero-order valence-electron chi connectivity index (χ0n) is 10.6. The van der Waals surface area contributed by atoms with Gasteiger partial charge in [0, 0.05) is 12.5 Å². The van der Waals surface area contributed by atoms with Crippen LogP contribution in [0.3, 0.4) is 0 Å². The number of nitrogens with one attached hydrogen (secondary N) is 1. The topological polar surface area (TPSA) is 30.5 Å². The van der Waals surface area contributed by atoms with Crippen molar-refractivity contribution in [2.24, 2.45) is 0 Å². The Morgan fingerprint density at radius 3 is 2.41 bits per heavy atom. The Morgan fingerprint density at radius 2 is 1.88 bits per heavy atom. The zero-order chi connectivity index (χ0) is 12.1. The van der Waals surface area contributed by atoms with Crippen LogP contribution >= 0.6 is 0 Å². The van der Waals surface area contributed by atoms with E-state index in [2.05, 4.69) is 36.5 Å². The normalized spacial score (nSPS) is 18.5. The molecule has 2 rings (SSSR count). The molecule has 0 bridgehead atoms. The van der Waals surface area contributed by atoms with Crippen LogP contribution in [0.15, 0.2) is 24.3 Å². The van der Waals surface area contributed by atoms with Crippen LogP contribution in [-0.2, 0) is 15.9 Å². The third kappa shape index (κ3) is 3.28. The smallest absolute Gasteiger partial charge is 0.159 e. The second-order valence-corrected chi connectivity index (χ2v) is 4.34. The van der Waals surface area contributed by atoms with Crippen LogP contribution in [0.5, 0.6) is 0 Å². The van der Waals surface area contributed by atoms with Crippen molar-refractivity contribution in [2.45, 2.75) is 32.1 Å². The van der Waals surface area contributed by atoms with Crippen molar-refractivity contribution in [2.75, 3.05) is 20.3 Å². The average Bonchev–Trinajstić information content (AvgIpc) is 2.89. The number of benzene rings is 1. The Morgan fingerprint density at radius 1 is 1.24 bits per heavy atom. The number of hydrogen-bond acceptors (Lipinski definition) is 3. The van der Waals surface area contributed by atoms with E-state index in [0.29, 0.717) is 6.04 Å². The fourth-order valence-corrected chi connectivity index (χ4v) is 2.14. The van der Waals surface area contributed by atoms with E-state index in [1.165, 1.54) is 11.1 Å². The predicted octanol–water partition coefficient (Wildman–Crippen LogP) is 2.27. The van der Waals surface area contributed by atoms with E-state index in [1.807, 2.05) is 7.05 Å². The molecule has 1 fully saturated rings. The molecular formula is C14H21NO2. The standard InChI is InChI=1S/C14H21NO2/c1-3-11-4-6-12(7-5-11)13(15-2)10-14-16-8-9-17-14/h4-7,13-15H,3,8-10H2,1-2H3. The van der Waals surface area contributed by atoms with Crippen LogP contribution < -0.4 is 5.32 Å². The third-order valence-corrected chi connectivity index (χ3v) is 3.26. The first-order valence-electron chi connectivity index (χ1n) is 6.32. The lowest BCUT2D eigenvalue weighted by Crippen LogP contribution is -2.23. The molecule has 1 N–H and O–H groups in total. The van der Waals surface area contributed by atoms with E-state index in [4.69, 9.17) is 9.47 Å². The number of hydrogen-bond donors (Lipinski definition) is 1. The molecule has 1 unspecified atom stereocenters. The van der Waals surface area contributed by atoms with E-state index in [1.54, 1.807) is 0 Å². The van der Waals surface area contributed by atoms with E-state index >= 15 is 0 Å². The van der Waals surface area contributed by atoms with Gasteiger partial charge in [-0.05, 0) is 24.6 Å². The highest BCUT2D eigenvalue weighted by molar-refractivity contribution is 5.25. The van der Waals surface area contributed by atoms with Gasteiger partial charge >= 0.3 is 0 Å². The Bertz CT molecular complexity index is 331. The minimum Gasteiger partial charge on any atom is -0.350 e. The van der Waals surface area contributed by atoms with Crippen molar-refractivity contribution in [1.29, 1.82) is 0 Å². The van der Waals surface area contributed by atoms with Gasteiger partial charge in [0.2, 0.25) is 0 Å². The largest absolute Gasteiger partial charge is 0.350 e. The first-order valence-corrected chi connectivity index (χ1v) is 6.32. The maximum absolute atomic E-state index is 5.49. The fourth-order valence-electron chi connectivity index (χ4n) is 2.14. The number of aryl methyl sites for hydroxylation is 1. The van der Waals surface area contributed by atoms with Crippen LogP contribution in [-0.4, -0.2) is 26.6 Å². The van der Waals surface area contributed by atoms with Crippen molar-refractivity contribution in [3.8, 4) is 0 Å². The molecular weight excluding hydrogens is 214 g/mol. The maximum atomic E-state index is 5.49. The summed E-state index contributed by atoms with van der Waals surface area (Å²) in [5.41, 5.74) is 2.67. The molecule has 1 atom stereocenters. The Labute approximate surface area is 103 Å². The molecule has 1 aliphatic heterocycles. The molecule has 17 heavy (non-hydrogen) atoms. The van der Waals surface area contributed by atoms with E-state index < -0.39 is 0 Å². The summed E-state index contributed by atoms with van der Waals surface area (Å²) >= 11 is 0. The highest BCUT2D eigenvalue weighted by Crippen LogP contribution is 2.22. The Kier molecular flexibility index (Phi) is 4.54. The van der Waals surface area contributed by atoms with Gasteiger partial charge in [0.05, 0.1) is 13.2 Å². The molecule has 3 nitrogen and oxygen atoms in total. The van der Waals surface area contributed by atoms with Gasteiger partial charge in [0.1, 0.15) is 0 Å². The summed E-state index contributed by atoms with van der Waals surface area (Å²) in [6.07, 6.45) is 1.89. The minimum atomic E-state index is -0.0571. The molecule has 0 aliphatic carbocycles. The quantitative estimate of drug-likeness (QED) is 0.849. The maximum Gasteiger partial charge on any atom is 0.159 e. The first kappa shape index (κ1) is 12.6. The monoisotopic (exact) mass is 235 g/mol. The minimum absolute atomic E-state index is 0.0571.